The first-order chi connectivity index (χ1) is 6.49. The average molecular weight is 189 g/mol. The molecule has 2 rings (SSSR count). The maximum Gasteiger partial charge on any atom is 0.144 e. The van der Waals surface area contributed by atoms with Gasteiger partial charge in [0.05, 0.1) is 11.4 Å². The molecule has 1 aromatic rings. The highest BCUT2D eigenvalue weighted by Gasteiger charge is 2.29. The smallest absolute Gasteiger partial charge is 0.144 e. The number of aryl methyl sites for hydroxylation is 1. The maximum atomic E-state index is 5.82. The lowest BCUT2D eigenvalue weighted by molar-refractivity contribution is 0.144. The number of hydrogen-bond donors (Lipinski definition) is 1. The highest BCUT2D eigenvalue weighted by molar-refractivity contribution is 5.64. The van der Waals surface area contributed by atoms with E-state index >= 15 is 0 Å². The molecule has 2 heteroatoms. The van der Waals surface area contributed by atoms with Crippen molar-refractivity contribution in [3.63, 3.8) is 0 Å². The molecule has 0 saturated heterocycles. The van der Waals surface area contributed by atoms with Crippen LogP contribution in [0, 0.1) is 6.92 Å². The van der Waals surface area contributed by atoms with Crippen molar-refractivity contribution >= 4 is 5.69 Å². The van der Waals surface area contributed by atoms with Crippen LogP contribution in [0.4, 0.5) is 5.69 Å². The Labute approximate surface area is 84.6 Å². The van der Waals surface area contributed by atoms with Crippen LogP contribution in [-0.4, -0.2) is 5.60 Å². The van der Waals surface area contributed by atoms with Gasteiger partial charge in [0.1, 0.15) is 11.4 Å². The van der Waals surface area contributed by atoms with Gasteiger partial charge in [0.2, 0.25) is 0 Å². The highest BCUT2D eigenvalue weighted by Crippen LogP contribution is 2.37. The van der Waals surface area contributed by atoms with Crippen LogP contribution < -0.4 is 10.1 Å². The first kappa shape index (κ1) is 9.13. The van der Waals surface area contributed by atoms with Crippen LogP contribution in [0.15, 0.2) is 30.5 Å². The number of ether oxygens (including phenoxy) is 1. The standard InChI is InChI=1S/C12H15NO/c1-8-5-6-11-10(7-8)13-9(2)12(3,4)14-11/h5-7,13H,2H2,1,3-4H3. The zero-order chi connectivity index (χ0) is 10.3. The van der Waals surface area contributed by atoms with E-state index in [1.165, 1.54) is 5.56 Å². The Hall–Kier alpha value is -1.44. The normalized spacial score (nSPS) is 18.1. The lowest BCUT2D eigenvalue weighted by atomic mass is 10.0. The minimum Gasteiger partial charge on any atom is -0.479 e. The van der Waals surface area contributed by atoms with E-state index in [4.69, 9.17) is 4.74 Å². The van der Waals surface area contributed by atoms with E-state index in [1.807, 2.05) is 26.0 Å². The van der Waals surface area contributed by atoms with Gasteiger partial charge in [-0.3, -0.25) is 0 Å². The van der Waals surface area contributed by atoms with Crippen LogP contribution in [0.2, 0.25) is 0 Å². The topological polar surface area (TPSA) is 21.3 Å². The molecule has 0 spiro atoms. The van der Waals surface area contributed by atoms with Crippen molar-refractivity contribution in [2.24, 2.45) is 0 Å². The number of fused-ring (bicyclic) bond motifs is 1. The summed E-state index contributed by atoms with van der Waals surface area (Å²) in [5, 5.41) is 3.27. The second-order valence-electron chi connectivity index (χ2n) is 4.22. The number of benzene rings is 1. The molecular weight excluding hydrogens is 174 g/mol. The lowest BCUT2D eigenvalue weighted by Crippen LogP contribution is -2.37. The molecule has 0 radical (unpaired) electrons. The van der Waals surface area contributed by atoms with Gasteiger partial charge in [-0.2, -0.15) is 0 Å². The van der Waals surface area contributed by atoms with Crippen LogP contribution in [0.25, 0.3) is 0 Å². The zero-order valence-electron chi connectivity index (χ0n) is 8.85. The summed E-state index contributed by atoms with van der Waals surface area (Å²) >= 11 is 0. The molecule has 1 heterocycles. The van der Waals surface area contributed by atoms with Gasteiger partial charge < -0.3 is 10.1 Å². The van der Waals surface area contributed by atoms with E-state index in [0.29, 0.717) is 0 Å². The van der Waals surface area contributed by atoms with Gasteiger partial charge in [-0.05, 0) is 38.5 Å². The maximum absolute atomic E-state index is 5.82. The lowest BCUT2D eigenvalue weighted by Gasteiger charge is -2.35. The van der Waals surface area contributed by atoms with Crippen LogP contribution in [0.3, 0.4) is 0 Å². The molecule has 74 valence electrons. The minimum absolute atomic E-state index is 0.331. The van der Waals surface area contributed by atoms with Crippen molar-refractivity contribution in [2.45, 2.75) is 26.4 Å². The van der Waals surface area contributed by atoms with Crippen LogP contribution in [0.1, 0.15) is 19.4 Å². The third-order valence-corrected chi connectivity index (χ3v) is 2.51. The Morgan fingerprint density at radius 3 is 2.79 bits per heavy atom. The number of rotatable bonds is 0. The Balaban J connectivity index is 2.46. The SMILES string of the molecule is C=C1Nc2cc(C)ccc2OC1(C)C. The van der Waals surface area contributed by atoms with Gasteiger partial charge >= 0.3 is 0 Å². The van der Waals surface area contributed by atoms with Crippen LogP contribution in [0.5, 0.6) is 5.75 Å². The van der Waals surface area contributed by atoms with E-state index < -0.39 is 0 Å². The summed E-state index contributed by atoms with van der Waals surface area (Å²) in [4.78, 5) is 0. The number of anilines is 1. The van der Waals surface area contributed by atoms with Crippen LogP contribution in [-0.2, 0) is 0 Å². The molecule has 1 aliphatic heterocycles. The minimum atomic E-state index is -0.331. The molecule has 0 saturated carbocycles. The summed E-state index contributed by atoms with van der Waals surface area (Å²) in [6, 6.07) is 6.10. The van der Waals surface area contributed by atoms with Crippen molar-refractivity contribution in [1.29, 1.82) is 0 Å². The average Bonchev–Trinajstić information content (AvgIpc) is 2.08. The molecule has 1 aromatic carbocycles. The van der Waals surface area contributed by atoms with E-state index in [0.717, 1.165) is 17.1 Å². The van der Waals surface area contributed by atoms with Crippen molar-refractivity contribution < 1.29 is 4.74 Å². The first-order valence-corrected chi connectivity index (χ1v) is 4.75. The third-order valence-electron chi connectivity index (χ3n) is 2.51. The first-order valence-electron chi connectivity index (χ1n) is 4.75. The predicted octanol–water partition coefficient (Wildman–Crippen LogP) is 3.09. The van der Waals surface area contributed by atoms with Gasteiger partial charge in [-0.1, -0.05) is 12.6 Å². The quantitative estimate of drug-likeness (QED) is 0.677. The summed E-state index contributed by atoms with van der Waals surface area (Å²) in [7, 11) is 0. The van der Waals surface area contributed by atoms with Crippen molar-refractivity contribution in [3.8, 4) is 5.75 Å². The molecule has 0 fully saturated rings. The summed E-state index contributed by atoms with van der Waals surface area (Å²) in [5.74, 6) is 0.896. The summed E-state index contributed by atoms with van der Waals surface area (Å²) in [6.45, 7) is 10.0. The van der Waals surface area contributed by atoms with E-state index in [9.17, 15) is 0 Å². The van der Waals surface area contributed by atoms with E-state index in [1.54, 1.807) is 0 Å². The van der Waals surface area contributed by atoms with Gasteiger partial charge in [-0.25, -0.2) is 0 Å². The Bertz CT molecular complexity index is 393. The van der Waals surface area contributed by atoms with Crippen molar-refractivity contribution in [1.82, 2.24) is 0 Å². The molecule has 2 nitrogen and oxygen atoms in total. The number of hydrogen-bond acceptors (Lipinski definition) is 2. The molecule has 0 atom stereocenters. The number of nitrogens with one attached hydrogen (secondary N) is 1. The predicted molar refractivity (Wildman–Crippen MR) is 58.6 cm³/mol. The molecule has 0 bridgehead atoms. The molecular formula is C12H15NO. The molecule has 0 unspecified atom stereocenters. The molecule has 0 aromatic heterocycles. The second-order valence-corrected chi connectivity index (χ2v) is 4.22. The summed E-state index contributed by atoms with van der Waals surface area (Å²) < 4.78 is 5.82. The molecule has 0 amide bonds. The third kappa shape index (κ3) is 1.37. The van der Waals surface area contributed by atoms with E-state index in [-0.39, 0.29) is 5.60 Å². The van der Waals surface area contributed by atoms with Gasteiger partial charge in [0.15, 0.2) is 0 Å². The summed E-state index contributed by atoms with van der Waals surface area (Å²) in [5.41, 5.74) is 2.79. The fraction of sp³-hybridized carbons (Fsp3) is 0.333. The molecule has 1 N–H and O–H groups in total. The molecule has 14 heavy (non-hydrogen) atoms. The fourth-order valence-electron chi connectivity index (χ4n) is 1.48. The Morgan fingerprint density at radius 1 is 1.36 bits per heavy atom. The van der Waals surface area contributed by atoms with Gasteiger partial charge in [-0.15, -0.1) is 0 Å². The van der Waals surface area contributed by atoms with Crippen molar-refractivity contribution in [3.05, 3.63) is 36.0 Å². The molecule has 1 aliphatic rings. The second kappa shape index (κ2) is 2.77. The fourth-order valence-corrected chi connectivity index (χ4v) is 1.48. The highest BCUT2D eigenvalue weighted by atomic mass is 16.5. The van der Waals surface area contributed by atoms with Crippen LogP contribution >= 0.6 is 0 Å². The largest absolute Gasteiger partial charge is 0.479 e. The summed E-state index contributed by atoms with van der Waals surface area (Å²) in [6.07, 6.45) is 0. The zero-order valence-corrected chi connectivity index (χ0v) is 8.85. The monoisotopic (exact) mass is 189 g/mol. The van der Waals surface area contributed by atoms with E-state index in [2.05, 4.69) is 24.9 Å². The Kier molecular flexibility index (Phi) is 1.81. The molecule has 0 aliphatic carbocycles. The Morgan fingerprint density at radius 2 is 2.07 bits per heavy atom. The van der Waals surface area contributed by atoms with Crippen molar-refractivity contribution in [2.75, 3.05) is 5.32 Å². The van der Waals surface area contributed by atoms with Gasteiger partial charge in [0, 0.05) is 0 Å². The van der Waals surface area contributed by atoms with Gasteiger partial charge in [0.25, 0.3) is 0 Å².